The van der Waals surface area contributed by atoms with Gasteiger partial charge in [-0.15, -0.1) is 0 Å². The van der Waals surface area contributed by atoms with Gasteiger partial charge in [-0.25, -0.2) is 0 Å². The highest BCUT2D eigenvalue weighted by atomic mass is 32.1. The summed E-state index contributed by atoms with van der Waals surface area (Å²) in [5.74, 6) is 3.40. The van der Waals surface area contributed by atoms with Crippen LogP contribution in [-0.4, -0.2) is 65.3 Å². The molecule has 5 fully saturated rings. The molecule has 0 unspecified atom stereocenters. The number of nitrogens with zero attached hydrogens (tertiary/aromatic N) is 4. The molecule has 3 saturated carbocycles. The Kier molecular flexibility index (Phi) is 6.33. The van der Waals surface area contributed by atoms with Crippen LogP contribution in [0.25, 0.3) is 12.2 Å². The molecule has 188 valence electrons. The normalized spacial score (nSPS) is 35.1. The van der Waals surface area contributed by atoms with Crippen molar-refractivity contribution in [1.82, 2.24) is 14.2 Å². The van der Waals surface area contributed by atoms with Crippen LogP contribution in [0.1, 0.15) is 55.4 Å². The molecule has 6 nitrogen and oxygen atoms in total. The molecule has 6 atom stereocenters. The molecule has 6 rings (SSSR count). The van der Waals surface area contributed by atoms with Crippen LogP contribution in [0, 0.1) is 35.5 Å². The van der Waals surface area contributed by atoms with Crippen molar-refractivity contribution in [2.24, 2.45) is 35.5 Å². The van der Waals surface area contributed by atoms with Crippen molar-refractivity contribution in [3.05, 3.63) is 23.6 Å². The third-order valence-electron chi connectivity index (χ3n) is 9.79. The van der Waals surface area contributed by atoms with E-state index in [4.69, 9.17) is 0 Å². The van der Waals surface area contributed by atoms with Crippen LogP contribution >= 0.6 is 11.5 Å². The van der Waals surface area contributed by atoms with Gasteiger partial charge in [0.1, 0.15) is 5.82 Å². The Morgan fingerprint density at radius 2 is 1.49 bits per heavy atom. The number of likely N-dealkylation sites (tertiary alicyclic amines) is 1. The van der Waals surface area contributed by atoms with Crippen LogP contribution in [0.2, 0.25) is 0 Å². The molecule has 0 N–H and O–H groups in total. The van der Waals surface area contributed by atoms with E-state index in [1.165, 1.54) is 30.8 Å². The number of hydrogen-bond acceptors (Lipinski definition) is 6. The van der Waals surface area contributed by atoms with E-state index in [9.17, 15) is 9.59 Å². The first-order chi connectivity index (χ1) is 17.1. The Morgan fingerprint density at radius 1 is 0.857 bits per heavy atom. The predicted octanol–water partition coefficient (Wildman–Crippen LogP) is 4.39. The van der Waals surface area contributed by atoms with Gasteiger partial charge in [-0.3, -0.25) is 19.4 Å². The van der Waals surface area contributed by atoms with Crippen LogP contribution in [0.5, 0.6) is 0 Å². The average Bonchev–Trinajstić information content (AvgIpc) is 3.65. The minimum absolute atomic E-state index is 0.0177. The molecular formula is C28H38N4O2S. The molecule has 3 aliphatic carbocycles. The number of carbonyl (C=O) groups excluding carboxylic acids is 2. The van der Waals surface area contributed by atoms with Crippen molar-refractivity contribution < 1.29 is 9.59 Å². The van der Waals surface area contributed by atoms with Crippen LogP contribution in [0.3, 0.4) is 0 Å². The predicted molar refractivity (Wildman–Crippen MR) is 141 cm³/mol. The van der Waals surface area contributed by atoms with Crippen LogP contribution < -0.4 is 4.90 Å². The van der Waals surface area contributed by atoms with Gasteiger partial charge in [0.05, 0.1) is 16.7 Å². The van der Waals surface area contributed by atoms with E-state index in [-0.39, 0.29) is 23.7 Å². The van der Waals surface area contributed by atoms with Crippen molar-refractivity contribution in [3.8, 4) is 0 Å². The van der Waals surface area contributed by atoms with Crippen molar-refractivity contribution in [1.29, 1.82) is 0 Å². The highest BCUT2D eigenvalue weighted by Gasteiger charge is 2.61. The number of carbonyl (C=O) groups is 2. The van der Waals surface area contributed by atoms with E-state index in [0.29, 0.717) is 30.2 Å². The number of anilines is 1. The van der Waals surface area contributed by atoms with Crippen molar-refractivity contribution >= 4 is 41.3 Å². The van der Waals surface area contributed by atoms with Gasteiger partial charge in [0.25, 0.3) is 0 Å². The number of rotatable bonds is 7. The summed E-state index contributed by atoms with van der Waals surface area (Å²) in [6.07, 6.45) is 12.0. The molecule has 3 heterocycles. The zero-order valence-corrected chi connectivity index (χ0v) is 21.6. The topological polar surface area (TPSA) is 56.8 Å². The maximum absolute atomic E-state index is 13.3. The molecule has 1 aromatic rings. The molecule has 2 saturated heterocycles. The second kappa shape index (κ2) is 9.47. The highest BCUT2D eigenvalue weighted by molar-refractivity contribution is 7.07. The van der Waals surface area contributed by atoms with Crippen LogP contribution in [0.4, 0.5) is 5.82 Å². The summed E-state index contributed by atoms with van der Waals surface area (Å²) in [7, 11) is 0. The number of fused-ring (bicyclic) bond motifs is 5. The molecule has 35 heavy (non-hydrogen) atoms. The first-order valence-electron chi connectivity index (χ1n) is 13.7. The Hall–Kier alpha value is -1.99. The van der Waals surface area contributed by atoms with Gasteiger partial charge >= 0.3 is 0 Å². The summed E-state index contributed by atoms with van der Waals surface area (Å²) in [5.41, 5.74) is 1.10. The third-order valence-corrected chi connectivity index (χ3v) is 10.6. The SMILES string of the molecule is C=Cc1snc(N2CCN(C[C@@H]3CCCC[C@H]3CN3C(=O)[C@@H]4[C@H]5CC[C@H](C5)[C@@H]4C3=O)CC2)c1C=C. The molecule has 0 aromatic carbocycles. The summed E-state index contributed by atoms with van der Waals surface area (Å²) < 4.78 is 4.68. The van der Waals surface area contributed by atoms with Crippen molar-refractivity contribution in [3.63, 3.8) is 0 Å². The minimum atomic E-state index is 0.0177. The van der Waals surface area contributed by atoms with Gasteiger partial charge in [-0.05, 0) is 73.4 Å². The lowest BCUT2D eigenvalue weighted by Crippen LogP contribution is -2.50. The van der Waals surface area contributed by atoms with Gasteiger partial charge < -0.3 is 4.90 Å². The lowest BCUT2D eigenvalue weighted by molar-refractivity contribution is -0.142. The van der Waals surface area contributed by atoms with E-state index < -0.39 is 0 Å². The Labute approximate surface area is 213 Å². The molecule has 0 radical (unpaired) electrons. The molecule has 0 spiro atoms. The maximum atomic E-state index is 13.3. The summed E-state index contributed by atoms with van der Waals surface area (Å²) in [5, 5.41) is 0. The number of amides is 2. The lowest BCUT2D eigenvalue weighted by Gasteiger charge is -2.40. The van der Waals surface area contributed by atoms with E-state index in [1.807, 2.05) is 12.2 Å². The first-order valence-corrected chi connectivity index (χ1v) is 14.4. The molecule has 5 aliphatic rings. The summed E-state index contributed by atoms with van der Waals surface area (Å²) in [4.78, 5) is 34.3. The smallest absolute Gasteiger partial charge is 0.233 e. The second-order valence-electron chi connectivity index (χ2n) is 11.5. The maximum Gasteiger partial charge on any atom is 0.233 e. The second-order valence-corrected chi connectivity index (χ2v) is 12.3. The number of piperazine rings is 1. The number of aromatic nitrogens is 1. The lowest BCUT2D eigenvalue weighted by atomic mass is 9.78. The monoisotopic (exact) mass is 494 g/mol. The van der Waals surface area contributed by atoms with Gasteiger partial charge in [0.2, 0.25) is 11.8 Å². The van der Waals surface area contributed by atoms with Gasteiger partial charge in [0, 0.05) is 44.8 Å². The average molecular weight is 495 g/mol. The van der Waals surface area contributed by atoms with E-state index in [0.717, 1.165) is 74.7 Å². The fourth-order valence-corrected chi connectivity index (χ4v) is 8.74. The Morgan fingerprint density at radius 3 is 2.09 bits per heavy atom. The fraction of sp³-hybridized carbons (Fsp3) is 0.679. The zero-order chi connectivity index (χ0) is 24.1. The molecule has 1 aromatic heterocycles. The standard InChI is InChI=1S/C28H38N4O2S/c1-3-22-23(4-2)35-29-26(22)31-13-11-30(12-14-31)16-20-7-5-6-8-21(20)17-32-27(33)24-18-9-10-19(15-18)25(24)28(32)34/h3-4,18-21,24-25H,1-2,5-17H2/t18-,19+,20-,21-,24+,25-/m0/s1. The minimum Gasteiger partial charge on any atom is -0.353 e. The largest absolute Gasteiger partial charge is 0.353 e. The van der Waals surface area contributed by atoms with Crippen molar-refractivity contribution in [2.45, 2.75) is 44.9 Å². The van der Waals surface area contributed by atoms with Gasteiger partial charge in [-0.2, -0.15) is 4.37 Å². The quantitative estimate of drug-likeness (QED) is 0.526. The van der Waals surface area contributed by atoms with E-state index >= 15 is 0 Å². The van der Waals surface area contributed by atoms with Gasteiger partial charge in [0.15, 0.2) is 0 Å². The summed E-state index contributed by atoms with van der Waals surface area (Å²) >= 11 is 1.50. The fourth-order valence-electron chi connectivity index (χ4n) is 7.99. The van der Waals surface area contributed by atoms with Crippen molar-refractivity contribution in [2.75, 3.05) is 44.2 Å². The summed E-state index contributed by atoms with van der Waals surface area (Å²) in [6.45, 7) is 13.6. The summed E-state index contributed by atoms with van der Waals surface area (Å²) in [6, 6.07) is 0. The van der Waals surface area contributed by atoms with Gasteiger partial charge in [-0.1, -0.05) is 32.1 Å². The molecule has 2 bridgehead atoms. The van der Waals surface area contributed by atoms with Crippen LogP contribution in [0.15, 0.2) is 13.2 Å². The van der Waals surface area contributed by atoms with E-state index in [2.05, 4.69) is 27.3 Å². The number of imide groups is 1. The Bertz CT molecular complexity index is 985. The molecular weight excluding hydrogens is 456 g/mol. The third kappa shape index (κ3) is 3.99. The molecule has 2 aliphatic heterocycles. The van der Waals surface area contributed by atoms with E-state index in [1.54, 1.807) is 4.90 Å². The highest BCUT2D eigenvalue weighted by Crippen LogP contribution is 2.56. The number of hydrogen-bond donors (Lipinski definition) is 0. The first kappa shape index (κ1) is 23.4. The molecule has 2 amide bonds. The Balaban J connectivity index is 1.07. The zero-order valence-electron chi connectivity index (χ0n) is 20.7. The molecule has 7 heteroatoms. The van der Waals surface area contributed by atoms with Crippen LogP contribution in [-0.2, 0) is 9.59 Å².